The Kier molecular flexibility index (Phi) is 3.64. The number of ether oxygens (including phenoxy) is 1. The van der Waals surface area contributed by atoms with Crippen molar-refractivity contribution in [2.45, 2.75) is 45.6 Å². The van der Waals surface area contributed by atoms with Crippen LogP contribution in [0.1, 0.15) is 64.1 Å². The van der Waals surface area contributed by atoms with Crippen LogP contribution < -0.4 is 0 Å². The van der Waals surface area contributed by atoms with E-state index in [1.807, 2.05) is 12.1 Å². The molecule has 0 aromatic carbocycles. The molecule has 2 aromatic heterocycles. The highest BCUT2D eigenvalue weighted by atomic mass is 16.5. The number of hydrogen-bond donors (Lipinski definition) is 1. The molecule has 2 aromatic rings. The molecule has 0 amide bonds. The zero-order chi connectivity index (χ0) is 15.9. The maximum atomic E-state index is 12.5. The minimum Gasteiger partial charge on any atom is -0.469 e. The molecular formula is C17H19NO4. The summed E-state index contributed by atoms with van der Waals surface area (Å²) in [6.45, 7) is 5.39. The van der Waals surface area contributed by atoms with Gasteiger partial charge in [-0.05, 0) is 44.9 Å². The fourth-order valence-corrected chi connectivity index (χ4v) is 3.04. The molecule has 0 saturated carbocycles. The van der Waals surface area contributed by atoms with Crippen LogP contribution in [-0.2, 0) is 11.2 Å². The Bertz CT molecular complexity index is 709. The molecule has 1 unspecified atom stereocenters. The third-order valence-electron chi connectivity index (χ3n) is 3.98. The third kappa shape index (κ3) is 2.47. The molecule has 5 heteroatoms. The number of carbonyl (C=O) groups excluding carboxylic acids is 2. The molecule has 0 radical (unpaired) electrons. The summed E-state index contributed by atoms with van der Waals surface area (Å²) in [6, 6.07) is 3.70. The van der Waals surface area contributed by atoms with Crippen LogP contribution in [-0.4, -0.2) is 22.8 Å². The first-order valence-electron chi connectivity index (χ1n) is 7.46. The molecule has 1 N–H and O–H groups in total. The number of aromatic nitrogens is 1. The first-order valence-corrected chi connectivity index (χ1v) is 7.46. The largest absolute Gasteiger partial charge is 0.469 e. The number of esters is 1. The Morgan fingerprint density at radius 3 is 2.82 bits per heavy atom. The SMILES string of the molecule is Cc1c(C(=O)OC(C)C)[nH]c2c1C(=O)CC(c1ccco1)C2. The summed E-state index contributed by atoms with van der Waals surface area (Å²) < 4.78 is 10.6. The lowest BCUT2D eigenvalue weighted by molar-refractivity contribution is 0.0370. The van der Waals surface area contributed by atoms with Gasteiger partial charge in [-0.1, -0.05) is 0 Å². The van der Waals surface area contributed by atoms with Crippen molar-refractivity contribution < 1.29 is 18.7 Å². The Balaban J connectivity index is 1.94. The van der Waals surface area contributed by atoms with Crippen LogP contribution in [0.2, 0.25) is 0 Å². The Labute approximate surface area is 128 Å². The number of aromatic amines is 1. The van der Waals surface area contributed by atoms with Gasteiger partial charge in [-0.2, -0.15) is 0 Å². The van der Waals surface area contributed by atoms with Crippen molar-refractivity contribution in [1.29, 1.82) is 0 Å². The molecule has 0 spiro atoms. The van der Waals surface area contributed by atoms with E-state index in [-0.39, 0.29) is 17.8 Å². The number of Topliss-reactive ketones (excluding diaryl/α,β-unsaturated/α-hetero) is 1. The average Bonchev–Trinajstić information content (AvgIpc) is 3.06. The molecule has 1 aliphatic rings. The first kappa shape index (κ1) is 14.6. The Morgan fingerprint density at radius 1 is 1.41 bits per heavy atom. The van der Waals surface area contributed by atoms with Gasteiger partial charge in [0.1, 0.15) is 11.5 Å². The van der Waals surface area contributed by atoms with Gasteiger partial charge in [-0.3, -0.25) is 4.79 Å². The molecule has 116 valence electrons. The zero-order valence-corrected chi connectivity index (χ0v) is 12.9. The van der Waals surface area contributed by atoms with Crippen LogP contribution in [0.15, 0.2) is 22.8 Å². The van der Waals surface area contributed by atoms with E-state index in [1.54, 1.807) is 27.0 Å². The predicted octanol–water partition coefficient (Wildman–Crippen LogP) is 3.39. The minimum absolute atomic E-state index is 0.0158. The van der Waals surface area contributed by atoms with Crippen LogP contribution >= 0.6 is 0 Å². The summed E-state index contributed by atoms with van der Waals surface area (Å²) in [5.74, 6) is 0.448. The average molecular weight is 301 g/mol. The number of ketones is 1. The lowest BCUT2D eigenvalue weighted by Gasteiger charge is -2.19. The Hall–Kier alpha value is -2.30. The standard InChI is InChI=1S/C17H19NO4/c1-9(2)22-17(20)16-10(3)15-12(18-16)7-11(8-13(15)19)14-5-4-6-21-14/h4-6,9,11,18H,7-8H2,1-3H3. The van der Waals surface area contributed by atoms with Crippen LogP contribution in [0.5, 0.6) is 0 Å². The van der Waals surface area contributed by atoms with Crippen LogP contribution in [0.4, 0.5) is 0 Å². The summed E-state index contributed by atoms with van der Waals surface area (Å²) in [5.41, 5.74) is 2.50. The number of H-pyrrole nitrogens is 1. The fraction of sp³-hybridized carbons (Fsp3) is 0.412. The normalized spacial score (nSPS) is 17.6. The van der Waals surface area contributed by atoms with E-state index < -0.39 is 5.97 Å². The van der Waals surface area contributed by atoms with E-state index in [0.717, 1.165) is 11.5 Å². The lowest BCUT2D eigenvalue weighted by atomic mass is 9.84. The zero-order valence-electron chi connectivity index (χ0n) is 12.9. The summed E-state index contributed by atoms with van der Waals surface area (Å²) >= 11 is 0. The second kappa shape index (κ2) is 5.48. The molecule has 3 rings (SSSR count). The van der Waals surface area contributed by atoms with E-state index in [9.17, 15) is 9.59 Å². The third-order valence-corrected chi connectivity index (χ3v) is 3.98. The minimum atomic E-state index is -0.413. The van der Waals surface area contributed by atoms with Crippen molar-refractivity contribution in [1.82, 2.24) is 4.98 Å². The van der Waals surface area contributed by atoms with E-state index in [4.69, 9.17) is 9.15 Å². The second-order valence-corrected chi connectivity index (χ2v) is 5.98. The van der Waals surface area contributed by atoms with Gasteiger partial charge in [-0.15, -0.1) is 0 Å². The molecule has 0 fully saturated rings. The summed E-state index contributed by atoms with van der Waals surface area (Å²) in [6.07, 6.45) is 2.47. The first-order chi connectivity index (χ1) is 10.5. The molecule has 22 heavy (non-hydrogen) atoms. The van der Waals surface area contributed by atoms with E-state index in [0.29, 0.717) is 29.7 Å². The lowest BCUT2D eigenvalue weighted by Crippen LogP contribution is -2.18. The highest BCUT2D eigenvalue weighted by Gasteiger charge is 2.33. The van der Waals surface area contributed by atoms with Crippen molar-refractivity contribution in [3.8, 4) is 0 Å². The molecule has 1 atom stereocenters. The number of furan rings is 1. The number of hydrogen-bond acceptors (Lipinski definition) is 4. The van der Waals surface area contributed by atoms with Crippen molar-refractivity contribution in [2.75, 3.05) is 0 Å². The van der Waals surface area contributed by atoms with Gasteiger partial charge < -0.3 is 14.1 Å². The van der Waals surface area contributed by atoms with E-state index in [2.05, 4.69) is 4.98 Å². The molecule has 0 saturated heterocycles. The number of fused-ring (bicyclic) bond motifs is 1. The van der Waals surface area contributed by atoms with Crippen LogP contribution in [0.25, 0.3) is 0 Å². The highest BCUT2D eigenvalue weighted by Crippen LogP contribution is 2.35. The summed E-state index contributed by atoms with van der Waals surface area (Å²) in [4.78, 5) is 27.7. The smallest absolute Gasteiger partial charge is 0.355 e. The maximum Gasteiger partial charge on any atom is 0.355 e. The molecule has 5 nitrogen and oxygen atoms in total. The van der Waals surface area contributed by atoms with Gasteiger partial charge >= 0.3 is 5.97 Å². The van der Waals surface area contributed by atoms with Crippen molar-refractivity contribution in [3.05, 3.63) is 46.7 Å². The molecular weight excluding hydrogens is 282 g/mol. The van der Waals surface area contributed by atoms with Crippen molar-refractivity contribution in [2.24, 2.45) is 0 Å². The van der Waals surface area contributed by atoms with Gasteiger partial charge in [0.15, 0.2) is 5.78 Å². The maximum absolute atomic E-state index is 12.5. The second-order valence-electron chi connectivity index (χ2n) is 5.98. The summed E-state index contributed by atoms with van der Waals surface area (Å²) in [5, 5.41) is 0. The number of nitrogens with one attached hydrogen (secondary N) is 1. The summed E-state index contributed by atoms with van der Waals surface area (Å²) in [7, 11) is 0. The molecule has 2 heterocycles. The number of carbonyl (C=O) groups is 2. The van der Waals surface area contributed by atoms with Gasteiger partial charge in [-0.25, -0.2) is 4.79 Å². The van der Waals surface area contributed by atoms with Gasteiger partial charge in [0.2, 0.25) is 0 Å². The van der Waals surface area contributed by atoms with E-state index in [1.165, 1.54) is 0 Å². The van der Waals surface area contributed by atoms with Gasteiger partial charge in [0, 0.05) is 23.6 Å². The molecule has 0 bridgehead atoms. The predicted molar refractivity (Wildman–Crippen MR) is 80.2 cm³/mol. The Morgan fingerprint density at radius 2 is 2.18 bits per heavy atom. The van der Waals surface area contributed by atoms with Gasteiger partial charge in [0.05, 0.1) is 12.4 Å². The molecule has 1 aliphatic carbocycles. The number of rotatable bonds is 3. The van der Waals surface area contributed by atoms with Crippen molar-refractivity contribution in [3.63, 3.8) is 0 Å². The fourth-order valence-electron chi connectivity index (χ4n) is 3.04. The van der Waals surface area contributed by atoms with E-state index >= 15 is 0 Å². The molecule has 0 aliphatic heterocycles. The van der Waals surface area contributed by atoms with Crippen LogP contribution in [0, 0.1) is 6.92 Å². The van der Waals surface area contributed by atoms with Crippen molar-refractivity contribution >= 4 is 11.8 Å². The quantitative estimate of drug-likeness (QED) is 0.882. The van der Waals surface area contributed by atoms with Crippen LogP contribution in [0.3, 0.4) is 0 Å². The monoisotopic (exact) mass is 301 g/mol. The van der Waals surface area contributed by atoms with Gasteiger partial charge in [0.25, 0.3) is 0 Å². The topological polar surface area (TPSA) is 72.3 Å². The highest BCUT2D eigenvalue weighted by molar-refractivity contribution is 6.03.